The van der Waals surface area contributed by atoms with Crippen LogP contribution in [0.25, 0.3) is 0 Å². The predicted octanol–water partition coefficient (Wildman–Crippen LogP) is 0.572. The van der Waals surface area contributed by atoms with Gasteiger partial charge < -0.3 is 4.74 Å². The first-order chi connectivity index (χ1) is 9.81. The first-order valence-corrected chi connectivity index (χ1v) is 5.85. The molecule has 1 aromatic rings. The molecule has 1 aromatic carbocycles. The zero-order chi connectivity index (χ0) is 16.0. The van der Waals surface area contributed by atoms with Gasteiger partial charge in [0, 0.05) is 18.0 Å². The molecular formula is C11H10ClN3O6. The molecule has 2 amide bonds. The molecule has 112 valence electrons. The van der Waals surface area contributed by atoms with Gasteiger partial charge in [-0.25, -0.2) is 4.79 Å². The van der Waals surface area contributed by atoms with E-state index in [1.54, 1.807) is 0 Å². The molecule has 0 atom stereocenters. The number of nitro groups is 1. The number of rotatable bonds is 4. The van der Waals surface area contributed by atoms with E-state index >= 15 is 0 Å². The van der Waals surface area contributed by atoms with E-state index in [0.717, 1.165) is 12.1 Å². The molecule has 9 nitrogen and oxygen atoms in total. The molecule has 1 rings (SSSR count). The Morgan fingerprint density at radius 2 is 2.00 bits per heavy atom. The summed E-state index contributed by atoms with van der Waals surface area (Å²) in [5, 5.41) is 10.9. The van der Waals surface area contributed by atoms with E-state index in [1.165, 1.54) is 13.0 Å². The molecule has 0 aromatic heterocycles. The number of hydrogen-bond acceptors (Lipinski definition) is 6. The average molecular weight is 316 g/mol. The quantitative estimate of drug-likeness (QED) is 0.475. The van der Waals surface area contributed by atoms with Crippen molar-refractivity contribution >= 4 is 35.1 Å². The van der Waals surface area contributed by atoms with Crippen LogP contribution in [0.2, 0.25) is 5.02 Å². The van der Waals surface area contributed by atoms with E-state index in [0.29, 0.717) is 0 Å². The summed E-state index contributed by atoms with van der Waals surface area (Å²) in [6, 6.07) is 3.40. The number of carbonyl (C=O) groups excluding carboxylic acids is 3. The number of esters is 1. The molecule has 0 fully saturated rings. The van der Waals surface area contributed by atoms with Crippen LogP contribution >= 0.6 is 11.6 Å². The van der Waals surface area contributed by atoms with Gasteiger partial charge in [0.05, 0.1) is 4.92 Å². The van der Waals surface area contributed by atoms with E-state index < -0.39 is 35.0 Å². The van der Waals surface area contributed by atoms with E-state index in [4.69, 9.17) is 11.6 Å². The molecular weight excluding hydrogens is 306 g/mol. The van der Waals surface area contributed by atoms with Crippen molar-refractivity contribution in [3.05, 3.63) is 38.9 Å². The number of nitro benzene ring substituents is 1. The first-order valence-electron chi connectivity index (χ1n) is 5.47. The predicted molar refractivity (Wildman–Crippen MR) is 70.3 cm³/mol. The third-order valence-electron chi connectivity index (χ3n) is 2.09. The van der Waals surface area contributed by atoms with Gasteiger partial charge in [-0.2, -0.15) is 0 Å². The van der Waals surface area contributed by atoms with Gasteiger partial charge in [0.1, 0.15) is 5.56 Å². The first kappa shape index (κ1) is 16.4. The zero-order valence-corrected chi connectivity index (χ0v) is 11.5. The summed E-state index contributed by atoms with van der Waals surface area (Å²) >= 11 is 5.60. The van der Waals surface area contributed by atoms with Crippen LogP contribution in [0.3, 0.4) is 0 Å². The van der Waals surface area contributed by atoms with E-state index in [2.05, 4.69) is 4.74 Å². The van der Waals surface area contributed by atoms with Gasteiger partial charge in [0.25, 0.3) is 11.6 Å². The van der Waals surface area contributed by atoms with Crippen molar-refractivity contribution in [2.75, 3.05) is 6.61 Å². The highest BCUT2D eigenvalue weighted by Crippen LogP contribution is 2.23. The second kappa shape index (κ2) is 7.20. The number of nitrogens with zero attached hydrogens (tertiary/aromatic N) is 1. The standard InChI is InChI=1S/C11H10ClN3O6/c1-6(16)13-14-10(17)5-21-11(18)8-3-2-7(12)4-9(8)15(19)20/h2-4H,5H2,1H3,(H,13,16)(H,14,17). The van der Waals surface area contributed by atoms with Gasteiger partial charge >= 0.3 is 5.97 Å². The van der Waals surface area contributed by atoms with Crippen molar-refractivity contribution in [2.24, 2.45) is 0 Å². The smallest absolute Gasteiger partial charge is 0.345 e. The molecule has 0 spiro atoms. The normalized spacial score (nSPS) is 9.62. The summed E-state index contributed by atoms with van der Waals surface area (Å²) in [6.45, 7) is 0.461. The van der Waals surface area contributed by atoms with Crippen molar-refractivity contribution in [1.82, 2.24) is 10.9 Å². The second-order valence-corrected chi connectivity index (χ2v) is 4.16. The molecule has 0 aliphatic carbocycles. The van der Waals surface area contributed by atoms with Gasteiger partial charge in [-0.15, -0.1) is 0 Å². The lowest BCUT2D eigenvalue weighted by molar-refractivity contribution is -0.385. The van der Waals surface area contributed by atoms with Gasteiger partial charge in [-0.1, -0.05) is 11.6 Å². The average Bonchev–Trinajstić information content (AvgIpc) is 2.42. The van der Waals surface area contributed by atoms with Gasteiger partial charge in [0.15, 0.2) is 6.61 Å². The molecule has 0 heterocycles. The van der Waals surface area contributed by atoms with Crippen molar-refractivity contribution < 1.29 is 24.0 Å². The van der Waals surface area contributed by atoms with Crippen LogP contribution in [0.5, 0.6) is 0 Å². The third-order valence-corrected chi connectivity index (χ3v) is 2.32. The number of hydrogen-bond donors (Lipinski definition) is 2. The summed E-state index contributed by atoms with van der Waals surface area (Å²) in [5.74, 6) is -2.37. The van der Waals surface area contributed by atoms with Crippen molar-refractivity contribution in [2.45, 2.75) is 6.92 Å². The molecule has 0 bridgehead atoms. The van der Waals surface area contributed by atoms with Crippen LogP contribution in [0.15, 0.2) is 18.2 Å². The number of halogens is 1. The summed E-state index contributed by atoms with van der Waals surface area (Å²) in [5.41, 5.74) is 3.09. The number of benzene rings is 1. The Kier molecular flexibility index (Phi) is 5.61. The monoisotopic (exact) mass is 315 g/mol. The Labute approximate surface area is 123 Å². The molecule has 0 unspecified atom stereocenters. The van der Waals surface area contributed by atoms with Crippen LogP contribution in [-0.2, 0) is 14.3 Å². The third kappa shape index (κ3) is 5.07. The fraction of sp³-hybridized carbons (Fsp3) is 0.182. The van der Waals surface area contributed by atoms with Crippen molar-refractivity contribution in [3.8, 4) is 0 Å². The van der Waals surface area contributed by atoms with Crippen LogP contribution in [0.4, 0.5) is 5.69 Å². The molecule has 21 heavy (non-hydrogen) atoms. The van der Waals surface area contributed by atoms with Crippen LogP contribution in [-0.4, -0.2) is 29.3 Å². The van der Waals surface area contributed by atoms with Gasteiger partial charge in [-0.05, 0) is 12.1 Å². The minimum absolute atomic E-state index is 0.0849. The summed E-state index contributed by atoms with van der Waals surface area (Å²) < 4.78 is 4.60. The summed E-state index contributed by atoms with van der Waals surface area (Å²) in [7, 11) is 0. The van der Waals surface area contributed by atoms with Crippen LogP contribution in [0.1, 0.15) is 17.3 Å². The number of carbonyl (C=O) groups is 3. The van der Waals surface area contributed by atoms with Crippen molar-refractivity contribution in [1.29, 1.82) is 0 Å². The van der Waals surface area contributed by atoms with Crippen molar-refractivity contribution in [3.63, 3.8) is 0 Å². The van der Waals surface area contributed by atoms with Crippen LogP contribution in [0, 0.1) is 10.1 Å². The second-order valence-electron chi connectivity index (χ2n) is 3.72. The SMILES string of the molecule is CC(=O)NNC(=O)COC(=O)c1ccc(Cl)cc1[N+](=O)[O-]. The van der Waals surface area contributed by atoms with Crippen LogP contribution < -0.4 is 10.9 Å². The highest BCUT2D eigenvalue weighted by Gasteiger charge is 2.22. The summed E-state index contributed by atoms with van der Waals surface area (Å²) in [6.07, 6.45) is 0. The highest BCUT2D eigenvalue weighted by molar-refractivity contribution is 6.31. The lowest BCUT2D eigenvalue weighted by Crippen LogP contribution is -2.42. The Hall–Kier alpha value is -2.68. The van der Waals surface area contributed by atoms with E-state index in [1.807, 2.05) is 10.9 Å². The maximum absolute atomic E-state index is 11.7. The lowest BCUT2D eigenvalue weighted by atomic mass is 10.2. The number of ether oxygens (including phenoxy) is 1. The largest absolute Gasteiger partial charge is 0.452 e. The fourth-order valence-electron chi connectivity index (χ4n) is 1.23. The van der Waals surface area contributed by atoms with Gasteiger partial charge in [-0.3, -0.25) is 30.6 Å². The van der Waals surface area contributed by atoms with Gasteiger partial charge in [0.2, 0.25) is 5.91 Å². The highest BCUT2D eigenvalue weighted by atomic mass is 35.5. The topological polar surface area (TPSA) is 128 Å². The Morgan fingerprint density at radius 1 is 1.33 bits per heavy atom. The molecule has 0 aliphatic heterocycles. The molecule has 2 N–H and O–H groups in total. The minimum atomic E-state index is -1.06. The molecule has 0 radical (unpaired) electrons. The number of nitrogens with one attached hydrogen (secondary N) is 2. The number of hydrazine groups is 1. The number of amides is 2. The maximum atomic E-state index is 11.7. The Balaban J connectivity index is 2.70. The molecule has 10 heteroatoms. The zero-order valence-electron chi connectivity index (χ0n) is 10.7. The fourth-order valence-corrected chi connectivity index (χ4v) is 1.40. The summed E-state index contributed by atoms with van der Waals surface area (Å²) in [4.78, 5) is 43.4. The molecule has 0 aliphatic rings. The minimum Gasteiger partial charge on any atom is -0.452 e. The molecule has 0 saturated carbocycles. The Bertz CT molecular complexity index is 604. The van der Waals surface area contributed by atoms with E-state index in [-0.39, 0.29) is 10.6 Å². The molecule has 0 saturated heterocycles. The lowest BCUT2D eigenvalue weighted by Gasteiger charge is -2.07. The maximum Gasteiger partial charge on any atom is 0.345 e. The van der Waals surface area contributed by atoms with E-state index in [9.17, 15) is 24.5 Å². The Morgan fingerprint density at radius 3 is 2.57 bits per heavy atom.